The molecule has 2 nitrogen and oxygen atoms in total. The van der Waals surface area contributed by atoms with Gasteiger partial charge in [0.15, 0.2) is 0 Å². The SMILES string of the molecule is CCC1CC1NCc1cncc(Br)c1. The Morgan fingerprint density at radius 3 is 3.07 bits per heavy atom. The number of aromatic nitrogens is 1. The van der Waals surface area contributed by atoms with Crippen molar-refractivity contribution in [3.05, 3.63) is 28.5 Å². The Morgan fingerprint density at radius 2 is 2.43 bits per heavy atom. The van der Waals surface area contributed by atoms with Crippen LogP contribution in [0.3, 0.4) is 0 Å². The number of pyridine rings is 1. The van der Waals surface area contributed by atoms with Gasteiger partial charge >= 0.3 is 0 Å². The molecule has 1 saturated carbocycles. The first-order valence-electron chi connectivity index (χ1n) is 5.12. The van der Waals surface area contributed by atoms with Crippen molar-refractivity contribution in [2.75, 3.05) is 0 Å². The first-order valence-corrected chi connectivity index (χ1v) is 5.91. The van der Waals surface area contributed by atoms with Gasteiger partial charge in [0.1, 0.15) is 0 Å². The molecule has 1 aliphatic rings. The lowest BCUT2D eigenvalue weighted by Gasteiger charge is -2.03. The number of nitrogens with zero attached hydrogens (tertiary/aromatic N) is 1. The first kappa shape index (κ1) is 10.1. The standard InChI is InChI=1S/C11H15BrN2/c1-2-9-4-11(9)14-6-8-3-10(12)7-13-5-8/h3,5,7,9,11,14H,2,4,6H2,1H3. The summed E-state index contributed by atoms with van der Waals surface area (Å²) in [5, 5.41) is 3.54. The summed E-state index contributed by atoms with van der Waals surface area (Å²) in [7, 11) is 0. The first-order chi connectivity index (χ1) is 6.79. The molecule has 2 atom stereocenters. The van der Waals surface area contributed by atoms with Crippen LogP contribution in [0.2, 0.25) is 0 Å². The fourth-order valence-corrected chi connectivity index (χ4v) is 2.16. The summed E-state index contributed by atoms with van der Waals surface area (Å²) >= 11 is 3.42. The Hall–Kier alpha value is -0.410. The molecule has 0 aliphatic heterocycles. The molecular weight excluding hydrogens is 240 g/mol. The van der Waals surface area contributed by atoms with Gasteiger partial charge in [-0.15, -0.1) is 0 Å². The highest BCUT2D eigenvalue weighted by Crippen LogP contribution is 2.33. The molecule has 1 N–H and O–H groups in total. The molecule has 0 amide bonds. The molecular formula is C11H15BrN2. The van der Waals surface area contributed by atoms with Gasteiger partial charge in [-0.3, -0.25) is 4.98 Å². The fraction of sp³-hybridized carbons (Fsp3) is 0.545. The van der Waals surface area contributed by atoms with Gasteiger partial charge in [0, 0.05) is 29.5 Å². The lowest BCUT2D eigenvalue weighted by molar-refractivity contribution is 0.622. The minimum absolute atomic E-state index is 0.749. The summed E-state index contributed by atoms with van der Waals surface area (Å²) in [5.74, 6) is 0.912. The van der Waals surface area contributed by atoms with Crippen molar-refractivity contribution >= 4 is 15.9 Å². The van der Waals surface area contributed by atoms with Crippen LogP contribution in [0, 0.1) is 5.92 Å². The molecule has 0 saturated heterocycles. The van der Waals surface area contributed by atoms with E-state index in [-0.39, 0.29) is 0 Å². The maximum Gasteiger partial charge on any atom is 0.0410 e. The van der Waals surface area contributed by atoms with E-state index >= 15 is 0 Å². The third-order valence-electron chi connectivity index (χ3n) is 2.78. The molecule has 2 unspecified atom stereocenters. The van der Waals surface area contributed by atoms with E-state index in [9.17, 15) is 0 Å². The number of nitrogens with one attached hydrogen (secondary N) is 1. The highest BCUT2D eigenvalue weighted by Gasteiger charge is 2.34. The molecule has 3 heteroatoms. The van der Waals surface area contributed by atoms with E-state index in [1.54, 1.807) is 0 Å². The van der Waals surface area contributed by atoms with Crippen LogP contribution in [0.15, 0.2) is 22.9 Å². The average molecular weight is 255 g/mol. The van der Waals surface area contributed by atoms with Crippen molar-refractivity contribution in [1.82, 2.24) is 10.3 Å². The van der Waals surface area contributed by atoms with Crippen molar-refractivity contribution in [3.8, 4) is 0 Å². The molecule has 14 heavy (non-hydrogen) atoms. The predicted molar refractivity (Wildman–Crippen MR) is 61.0 cm³/mol. The number of hydrogen-bond donors (Lipinski definition) is 1. The summed E-state index contributed by atoms with van der Waals surface area (Å²) in [6.45, 7) is 3.20. The molecule has 0 spiro atoms. The Balaban J connectivity index is 1.81. The summed E-state index contributed by atoms with van der Waals surface area (Å²) in [5.41, 5.74) is 1.25. The molecule has 0 radical (unpaired) electrons. The Kier molecular flexibility index (Phi) is 3.19. The third kappa shape index (κ3) is 2.55. The molecule has 1 aromatic rings. The van der Waals surface area contributed by atoms with Gasteiger partial charge in [-0.05, 0) is 39.9 Å². The van der Waals surface area contributed by atoms with Gasteiger partial charge in [-0.25, -0.2) is 0 Å². The zero-order valence-corrected chi connectivity index (χ0v) is 9.92. The van der Waals surface area contributed by atoms with Gasteiger partial charge in [-0.1, -0.05) is 13.3 Å². The summed E-state index contributed by atoms with van der Waals surface area (Å²) in [4.78, 5) is 4.13. The predicted octanol–water partition coefficient (Wildman–Crippen LogP) is 2.73. The van der Waals surface area contributed by atoms with Crippen LogP contribution < -0.4 is 5.32 Å². The van der Waals surface area contributed by atoms with Crippen LogP contribution in [-0.2, 0) is 6.54 Å². The number of rotatable bonds is 4. The number of hydrogen-bond acceptors (Lipinski definition) is 2. The zero-order chi connectivity index (χ0) is 9.97. The second-order valence-electron chi connectivity index (χ2n) is 3.90. The lowest BCUT2D eigenvalue weighted by atomic mass is 10.3. The lowest BCUT2D eigenvalue weighted by Crippen LogP contribution is -2.17. The van der Waals surface area contributed by atoms with E-state index in [1.807, 2.05) is 12.4 Å². The molecule has 76 valence electrons. The zero-order valence-electron chi connectivity index (χ0n) is 8.33. The van der Waals surface area contributed by atoms with Crippen LogP contribution in [0.5, 0.6) is 0 Å². The van der Waals surface area contributed by atoms with Gasteiger partial charge in [0.2, 0.25) is 0 Å². The minimum Gasteiger partial charge on any atom is -0.310 e. The van der Waals surface area contributed by atoms with Crippen LogP contribution in [0.1, 0.15) is 25.3 Å². The monoisotopic (exact) mass is 254 g/mol. The van der Waals surface area contributed by atoms with E-state index in [1.165, 1.54) is 18.4 Å². The maximum atomic E-state index is 4.13. The minimum atomic E-state index is 0.749. The second-order valence-corrected chi connectivity index (χ2v) is 4.82. The van der Waals surface area contributed by atoms with Crippen molar-refractivity contribution in [3.63, 3.8) is 0 Å². The Labute approximate surface area is 93.3 Å². The van der Waals surface area contributed by atoms with Crippen molar-refractivity contribution in [1.29, 1.82) is 0 Å². The summed E-state index contributed by atoms with van der Waals surface area (Å²) < 4.78 is 1.06. The van der Waals surface area contributed by atoms with E-state index in [0.29, 0.717) is 0 Å². The van der Waals surface area contributed by atoms with Crippen molar-refractivity contribution < 1.29 is 0 Å². The highest BCUT2D eigenvalue weighted by molar-refractivity contribution is 9.10. The van der Waals surface area contributed by atoms with Gasteiger partial charge in [0.25, 0.3) is 0 Å². The second kappa shape index (κ2) is 4.41. The van der Waals surface area contributed by atoms with Gasteiger partial charge < -0.3 is 5.32 Å². The maximum absolute atomic E-state index is 4.13. The molecule has 1 aromatic heterocycles. The molecule has 1 aliphatic carbocycles. The fourth-order valence-electron chi connectivity index (χ4n) is 1.75. The Morgan fingerprint density at radius 1 is 1.57 bits per heavy atom. The van der Waals surface area contributed by atoms with E-state index in [2.05, 4.69) is 39.2 Å². The van der Waals surface area contributed by atoms with Crippen LogP contribution >= 0.6 is 15.9 Å². The smallest absolute Gasteiger partial charge is 0.0410 e. The van der Waals surface area contributed by atoms with E-state index in [0.717, 1.165) is 23.0 Å². The highest BCUT2D eigenvalue weighted by atomic mass is 79.9. The topological polar surface area (TPSA) is 24.9 Å². The van der Waals surface area contributed by atoms with Gasteiger partial charge in [0.05, 0.1) is 0 Å². The average Bonchev–Trinajstić information content (AvgIpc) is 2.93. The molecule has 0 bridgehead atoms. The van der Waals surface area contributed by atoms with Crippen molar-refractivity contribution in [2.45, 2.75) is 32.4 Å². The normalized spacial score (nSPS) is 25.0. The van der Waals surface area contributed by atoms with E-state index in [4.69, 9.17) is 0 Å². The third-order valence-corrected chi connectivity index (χ3v) is 3.21. The number of halogens is 1. The van der Waals surface area contributed by atoms with E-state index < -0.39 is 0 Å². The molecule has 2 rings (SSSR count). The summed E-state index contributed by atoms with van der Waals surface area (Å²) in [6, 6.07) is 2.86. The molecule has 1 fully saturated rings. The largest absolute Gasteiger partial charge is 0.310 e. The quantitative estimate of drug-likeness (QED) is 0.894. The summed E-state index contributed by atoms with van der Waals surface area (Å²) in [6.07, 6.45) is 6.38. The molecule has 1 heterocycles. The van der Waals surface area contributed by atoms with Crippen molar-refractivity contribution in [2.24, 2.45) is 5.92 Å². The van der Waals surface area contributed by atoms with Crippen LogP contribution in [0.4, 0.5) is 0 Å². The van der Waals surface area contributed by atoms with Gasteiger partial charge in [-0.2, -0.15) is 0 Å². The van der Waals surface area contributed by atoms with Crippen LogP contribution in [0.25, 0.3) is 0 Å². The Bertz CT molecular complexity index is 314. The molecule has 0 aromatic carbocycles. The van der Waals surface area contributed by atoms with Crippen LogP contribution in [-0.4, -0.2) is 11.0 Å².